The second-order valence-corrected chi connectivity index (χ2v) is 4.62. The van der Waals surface area contributed by atoms with E-state index in [-0.39, 0.29) is 0 Å². The van der Waals surface area contributed by atoms with Crippen LogP contribution >= 0.6 is 15.9 Å². The molecule has 2 nitrogen and oxygen atoms in total. The molecule has 0 atom stereocenters. The molecule has 0 saturated heterocycles. The molecule has 0 saturated carbocycles. The van der Waals surface area contributed by atoms with Crippen molar-refractivity contribution in [3.63, 3.8) is 0 Å². The Balaban J connectivity index is 2.12. The summed E-state index contributed by atoms with van der Waals surface area (Å²) in [6.07, 6.45) is 3.66. The van der Waals surface area contributed by atoms with Crippen molar-refractivity contribution in [1.29, 1.82) is 0 Å². The highest BCUT2D eigenvalue weighted by molar-refractivity contribution is 9.10. The van der Waals surface area contributed by atoms with Crippen LogP contribution in [0.5, 0.6) is 0 Å². The molecular formula is C13H13BrN2. The molecule has 0 aliphatic carbocycles. The largest absolute Gasteiger partial charge is 0.369 e. The van der Waals surface area contributed by atoms with E-state index >= 15 is 0 Å². The van der Waals surface area contributed by atoms with Gasteiger partial charge in [-0.1, -0.05) is 30.3 Å². The van der Waals surface area contributed by atoms with E-state index in [2.05, 4.69) is 63.2 Å². The van der Waals surface area contributed by atoms with Crippen molar-refractivity contribution < 1.29 is 0 Å². The first-order valence-electron chi connectivity index (χ1n) is 5.11. The molecule has 0 unspecified atom stereocenters. The standard InChI is InChI=1S/C13H13BrN2/c1-16(10-11-5-3-2-4-6-11)13-7-12(14)8-15-9-13/h2-9H,10H2,1H3. The van der Waals surface area contributed by atoms with E-state index < -0.39 is 0 Å². The maximum absolute atomic E-state index is 4.16. The molecular weight excluding hydrogens is 264 g/mol. The van der Waals surface area contributed by atoms with Gasteiger partial charge in [-0.3, -0.25) is 4.98 Å². The summed E-state index contributed by atoms with van der Waals surface area (Å²) in [6.45, 7) is 0.888. The highest BCUT2D eigenvalue weighted by Gasteiger charge is 2.02. The molecule has 0 N–H and O–H groups in total. The van der Waals surface area contributed by atoms with Crippen molar-refractivity contribution >= 4 is 21.6 Å². The Morgan fingerprint density at radius 2 is 1.94 bits per heavy atom. The van der Waals surface area contributed by atoms with Crippen LogP contribution in [-0.4, -0.2) is 12.0 Å². The summed E-state index contributed by atoms with van der Waals surface area (Å²) in [7, 11) is 2.07. The number of aromatic nitrogens is 1. The first-order chi connectivity index (χ1) is 7.75. The van der Waals surface area contributed by atoms with Crippen molar-refractivity contribution in [3.05, 3.63) is 58.8 Å². The number of pyridine rings is 1. The Hall–Kier alpha value is -1.35. The molecule has 82 valence electrons. The van der Waals surface area contributed by atoms with E-state index in [1.165, 1.54) is 5.56 Å². The van der Waals surface area contributed by atoms with Gasteiger partial charge in [-0.2, -0.15) is 0 Å². The second-order valence-electron chi connectivity index (χ2n) is 3.70. The first-order valence-corrected chi connectivity index (χ1v) is 5.90. The quantitative estimate of drug-likeness (QED) is 0.853. The summed E-state index contributed by atoms with van der Waals surface area (Å²) in [6, 6.07) is 12.5. The minimum atomic E-state index is 0.888. The molecule has 0 bridgehead atoms. The maximum Gasteiger partial charge on any atom is 0.0564 e. The maximum atomic E-state index is 4.16. The van der Waals surface area contributed by atoms with E-state index in [0.717, 1.165) is 16.7 Å². The van der Waals surface area contributed by atoms with E-state index in [4.69, 9.17) is 0 Å². The summed E-state index contributed by atoms with van der Waals surface area (Å²) < 4.78 is 1.00. The first kappa shape index (κ1) is 11.1. The fraction of sp³-hybridized carbons (Fsp3) is 0.154. The lowest BCUT2D eigenvalue weighted by Crippen LogP contribution is -2.16. The molecule has 0 fully saturated rings. The molecule has 0 amide bonds. The van der Waals surface area contributed by atoms with Crippen LogP contribution in [0, 0.1) is 0 Å². The van der Waals surface area contributed by atoms with E-state index in [0.29, 0.717) is 0 Å². The van der Waals surface area contributed by atoms with Crippen LogP contribution in [0.4, 0.5) is 5.69 Å². The summed E-state index contributed by atoms with van der Waals surface area (Å²) >= 11 is 3.43. The fourth-order valence-corrected chi connectivity index (χ4v) is 1.91. The molecule has 0 aliphatic rings. The van der Waals surface area contributed by atoms with Crippen LogP contribution < -0.4 is 4.90 Å². The Kier molecular flexibility index (Phi) is 3.57. The predicted octanol–water partition coefficient (Wildman–Crippen LogP) is 3.48. The Labute approximate surface area is 104 Å². The van der Waals surface area contributed by atoms with Crippen LogP contribution in [-0.2, 0) is 6.54 Å². The zero-order chi connectivity index (χ0) is 11.4. The number of rotatable bonds is 3. The van der Waals surface area contributed by atoms with Crippen molar-refractivity contribution in [2.45, 2.75) is 6.54 Å². The summed E-state index contributed by atoms with van der Waals surface area (Å²) in [5.74, 6) is 0. The van der Waals surface area contributed by atoms with Gasteiger partial charge in [-0.15, -0.1) is 0 Å². The summed E-state index contributed by atoms with van der Waals surface area (Å²) in [5, 5.41) is 0. The second kappa shape index (κ2) is 5.12. The van der Waals surface area contributed by atoms with Crippen molar-refractivity contribution in [3.8, 4) is 0 Å². The highest BCUT2D eigenvalue weighted by atomic mass is 79.9. The van der Waals surface area contributed by atoms with Crippen LogP contribution in [0.15, 0.2) is 53.3 Å². The van der Waals surface area contributed by atoms with Gasteiger partial charge < -0.3 is 4.90 Å². The third-order valence-electron chi connectivity index (χ3n) is 2.39. The number of hydrogen-bond acceptors (Lipinski definition) is 2. The third-order valence-corrected chi connectivity index (χ3v) is 2.83. The minimum Gasteiger partial charge on any atom is -0.369 e. The van der Waals surface area contributed by atoms with Gasteiger partial charge in [0.15, 0.2) is 0 Å². The lowest BCUT2D eigenvalue weighted by atomic mass is 10.2. The van der Waals surface area contributed by atoms with Gasteiger partial charge in [-0.25, -0.2) is 0 Å². The van der Waals surface area contributed by atoms with Gasteiger partial charge >= 0.3 is 0 Å². The fourth-order valence-electron chi connectivity index (χ4n) is 1.56. The zero-order valence-corrected chi connectivity index (χ0v) is 10.7. The lowest BCUT2D eigenvalue weighted by Gasteiger charge is -2.19. The van der Waals surface area contributed by atoms with Gasteiger partial charge in [0.2, 0.25) is 0 Å². The number of benzene rings is 1. The average Bonchev–Trinajstić information content (AvgIpc) is 2.30. The molecule has 16 heavy (non-hydrogen) atoms. The van der Waals surface area contributed by atoms with Gasteiger partial charge in [-0.05, 0) is 27.6 Å². The smallest absolute Gasteiger partial charge is 0.0564 e. The number of halogens is 1. The van der Waals surface area contributed by atoms with Gasteiger partial charge in [0, 0.05) is 24.3 Å². The van der Waals surface area contributed by atoms with Crippen molar-refractivity contribution in [1.82, 2.24) is 4.98 Å². The predicted molar refractivity (Wildman–Crippen MR) is 70.5 cm³/mol. The highest BCUT2D eigenvalue weighted by Crippen LogP contribution is 2.18. The van der Waals surface area contributed by atoms with Gasteiger partial charge in [0.1, 0.15) is 0 Å². The average molecular weight is 277 g/mol. The van der Waals surface area contributed by atoms with Gasteiger partial charge in [0.25, 0.3) is 0 Å². The number of hydrogen-bond donors (Lipinski definition) is 0. The molecule has 2 rings (SSSR count). The molecule has 0 aliphatic heterocycles. The number of anilines is 1. The summed E-state index contributed by atoms with van der Waals surface area (Å²) in [4.78, 5) is 6.33. The Morgan fingerprint density at radius 3 is 2.62 bits per heavy atom. The van der Waals surface area contributed by atoms with E-state index in [1.54, 1.807) is 6.20 Å². The van der Waals surface area contributed by atoms with Crippen molar-refractivity contribution in [2.75, 3.05) is 11.9 Å². The zero-order valence-electron chi connectivity index (χ0n) is 9.10. The van der Waals surface area contributed by atoms with E-state index in [1.807, 2.05) is 12.3 Å². The number of nitrogens with zero attached hydrogens (tertiary/aromatic N) is 2. The monoisotopic (exact) mass is 276 g/mol. The summed E-state index contributed by atoms with van der Waals surface area (Å²) in [5.41, 5.74) is 2.41. The van der Waals surface area contributed by atoms with Crippen LogP contribution in [0.3, 0.4) is 0 Å². The molecule has 0 spiro atoms. The molecule has 1 aromatic carbocycles. The molecule has 0 radical (unpaired) electrons. The van der Waals surface area contributed by atoms with Crippen LogP contribution in [0.25, 0.3) is 0 Å². The molecule has 2 aromatic rings. The normalized spacial score (nSPS) is 10.1. The lowest BCUT2D eigenvalue weighted by molar-refractivity contribution is 0.917. The van der Waals surface area contributed by atoms with Crippen molar-refractivity contribution in [2.24, 2.45) is 0 Å². The molecule has 1 aromatic heterocycles. The SMILES string of the molecule is CN(Cc1ccccc1)c1cncc(Br)c1. The topological polar surface area (TPSA) is 16.1 Å². The van der Waals surface area contributed by atoms with Gasteiger partial charge in [0.05, 0.1) is 11.9 Å². The van der Waals surface area contributed by atoms with Crippen LogP contribution in [0.1, 0.15) is 5.56 Å². The molecule has 1 heterocycles. The minimum absolute atomic E-state index is 0.888. The molecule has 3 heteroatoms. The van der Waals surface area contributed by atoms with Crippen LogP contribution in [0.2, 0.25) is 0 Å². The Morgan fingerprint density at radius 1 is 1.19 bits per heavy atom. The Bertz CT molecular complexity index is 456. The van der Waals surface area contributed by atoms with E-state index in [9.17, 15) is 0 Å². The third kappa shape index (κ3) is 2.83.